The Kier molecular flexibility index (Phi) is 3.19. The Morgan fingerprint density at radius 3 is 2.67 bits per heavy atom. The zero-order chi connectivity index (χ0) is 10.7. The van der Waals surface area contributed by atoms with E-state index in [0.29, 0.717) is 19.3 Å². The van der Waals surface area contributed by atoms with Gasteiger partial charge in [-0.2, -0.15) is 0 Å². The Balaban J connectivity index is 1.83. The molecular weight excluding hydrogens is 188 g/mol. The molecule has 1 fully saturated rings. The lowest BCUT2D eigenvalue weighted by Gasteiger charge is -2.04. The van der Waals surface area contributed by atoms with Crippen LogP contribution < -0.4 is 0 Å². The van der Waals surface area contributed by atoms with Gasteiger partial charge in [0.2, 0.25) is 0 Å². The third-order valence-corrected chi connectivity index (χ3v) is 2.42. The van der Waals surface area contributed by atoms with E-state index in [1.807, 2.05) is 6.92 Å². The van der Waals surface area contributed by atoms with Gasteiger partial charge in [-0.1, -0.05) is 36.4 Å². The van der Waals surface area contributed by atoms with Crippen LogP contribution in [0, 0.1) is 0 Å². The minimum absolute atomic E-state index is 0.347. The van der Waals surface area contributed by atoms with E-state index in [-0.39, 0.29) is 0 Å². The van der Waals surface area contributed by atoms with Gasteiger partial charge in [0.15, 0.2) is 0 Å². The molecule has 2 heteroatoms. The zero-order valence-electron chi connectivity index (χ0n) is 9.03. The monoisotopic (exact) mass is 204 g/mol. The van der Waals surface area contributed by atoms with Crippen molar-refractivity contribution in [3.63, 3.8) is 0 Å². The molecule has 1 saturated heterocycles. The first-order chi connectivity index (χ1) is 7.25. The maximum absolute atomic E-state index is 5.50. The maximum atomic E-state index is 5.50. The van der Waals surface area contributed by atoms with Gasteiger partial charge >= 0.3 is 0 Å². The van der Waals surface area contributed by atoms with Crippen molar-refractivity contribution in [2.45, 2.75) is 19.6 Å². The van der Waals surface area contributed by atoms with E-state index >= 15 is 0 Å². The summed E-state index contributed by atoms with van der Waals surface area (Å²) in [5.74, 6) is 0. The van der Waals surface area contributed by atoms with Crippen LogP contribution >= 0.6 is 0 Å². The lowest BCUT2D eigenvalue weighted by molar-refractivity contribution is 0.104. The topological polar surface area (TPSA) is 21.8 Å². The summed E-state index contributed by atoms with van der Waals surface area (Å²) in [7, 11) is 0. The summed E-state index contributed by atoms with van der Waals surface area (Å²) < 4.78 is 10.6. The quantitative estimate of drug-likeness (QED) is 0.688. The van der Waals surface area contributed by atoms with Gasteiger partial charge in [0.1, 0.15) is 6.10 Å². The molecule has 1 atom stereocenters. The van der Waals surface area contributed by atoms with Crippen LogP contribution in [0.15, 0.2) is 30.8 Å². The largest absolute Gasteiger partial charge is 0.374 e. The normalized spacial score (nSPS) is 18.9. The molecule has 1 unspecified atom stereocenters. The molecule has 0 aromatic heterocycles. The number of hydrogen-bond acceptors (Lipinski definition) is 2. The summed E-state index contributed by atoms with van der Waals surface area (Å²) >= 11 is 0. The molecular formula is C13H16O2. The molecule has 1 aromatic rings. The average molecular weight is 204 g/mol. The van der Waals surface area contributed by atoms with Crippen LogP contribution in [-0.4, -0.2) is 19.3 Å². The molecule has 0 bridgehead atoms. The first-order valence-corrected chi connectivity index (χ1v) is 5.20. The smallest absolute Gasteiger partial charge is 0.104 e. The number of epoxide rings is 1. The Labute approximate surface area is 90.5 Å². The molecule has 15 heavy (non-hydrogen) atoms. The SMILES string of the molecule is C=C(C)c1ccc(COCC2CO2)cc1. The fraction of sp³-hybridized carbons (Fsp3) is 0.385. The van der Waals surface area contributed by atoms with E-state index in [4.69, 9.17) is 9.47 Å². The molecule has 1 aliphatic heterocycles. The summed E-state index contributed by atoms with van der Waals surface area (Å²) in [6.07, 6.45) is 0.347. The van der Waals surface area contributed by atoms with Gasteiger partial charge in [0.05, 0.1) is 19.8 Å². The lowest BCUT2D eigenvalue weighted by atomic mass is 10.1. The van der Waals surface area contributed by atoms with E-state index in [0.717, 1.165) is 12.2 Å². The van der Waals surface area contributed by atoms with Gasteiger partial charge in [-0.3, -0.25) is 0 Å². The van der Waals surface area contributed by atoms with Crippen molar-refractivity contribution in [1.29, 1.82) is 0 Å². The molecule has 2 nitrogen and oxygen atoms in total. The Morgan fingerprint density at radius 1 is 1.47 bits per heavy atom. The van der Waals surface area contributed by atoms with Crippen LogP contribution in [0.2, 0.25) is 0 Å². The van der Waals surface area contributed by atoms with Gasteiger partial charge in [-0.15, -0.1) is 0 Å². The van der Waals surface area contributed by atoms with Crippen LogP contribution in [0.1, 0.15) is 18.1 Å². The first-order valence-electron chi connectivity index (χ1n) is 5.20. The molecule has 80 valence electrons. The fourth-order valence-electron chi connectivity index (χ4n) is 1.36. The van der Waals surface area contributed by atoms with E-state index < -0.39 is 0 Å². The molecule has 1 heterocycles. The number of hydrogen-bond donors (Lipinski definition) is 0. The second kappa shape index (κ2) is 4.60. The van der Waals surface area contributed by atoms with Crippen molar-refractivity contribution < 1.29 is 9.47 Å². The van der Waals surface area contributed by atoms with Crippen LogP contribution in [0.3, 0.4) is 0 Å². The van der Waals surface area contributed by atoms with E-state index in [9.17, 15) is 0 Å². The molecule has 1 aliphatic rings. The first kappa shape index (κ1) is 10.4. The molecule has 0 spiro atoms. The second-order valence-electron chi connectivity index (χ2n) is 3.95. The number of rotatable bonds is 5. The molecule has 0 aliphatic carbocycles. The van der Waals surface area contributed by atoms with Crippen LogP contribution in [-0.2, 0) is 16.1 Å². The highest BCUT2D eigenvalue weighted by Crippen LogP contribution is 2.14. The molecule has 0 N–H and O–H groups in total. The van der Waals surface area contributed by atoms with Gasteiger partial charge in [-0.05, 0) is 18.1 Å². The fourth-order valence-corrected chi connectivity index (χ4v) is 1.36. The average Bonchev–Trinajstić information content (AvgIpc) is 3.02. The number of benzene rings is 1. The van der Waals surface area contributed by atoms with E-state index in [1.165, 1.54) is 11.1 Å². The summed E-state index contributed by atoms with van der Waals surface area (Å²) in [5.41, 5.74) is 3.47. The molecule has 0 amide bonds. The maximum Gasteiger partial charge on any atom is 0.104 e. The molecule has 2 rings (SSSR count). The summed E-state index contributed by atoms with van der Waals surface area (Å²) in [4.78, 5) is 0. The van der Waals surface area contributed by atoms with Gasteiger partial charge in [0, 0.05) is 0 Å². The Morgan fingerprint density at radius 2 is 2.13 bits per heavy atom. The van der Waals surface area contributed by atoms with Crippen LogP contribution in [0.5, 0.6) is 0 Å². The zero-order valence-corrected chi connectivity index (χ0v) is 9.03. The molecule has 0 radical (unpaired) electrons. The van der Waals surface area contributed by atoms with Crippen molar-refractivity contribution in [1.82, 2.24) is 0 Å². The minimum atomic E-state index is 0.347. The number of allylic oxidation sites excluding steroid dienone is 1. The lowest BCUT2D eigenvalue weighted by Crippen LogP contribution is -2.01. The Bertz CT molecular complexity index is 336. The van der Waals surface area contributed by atoms with Gasteiger partial charge in [-0.25, -0.2) is 0 Å². The van der Waals surface area contributed by atoms with Crippen molar-refractivity contribution in [2.75, 3.05) is 13.2 Å². The van der Waals surface area contributed by atoms with E-state index in [2.05, 4.69) is 30.8 Å². The molecule has 1 aromatic carbocycles. The summed E-state index contributed by atoms with van der Waals surface area (Å²) in [5, 5.41) is 0. The van der Waals surface area contributed by atoms with Crippen LogP contribution in [0.4, 0.5) is 0 Å². The standard InChI is InChI=1S/C13H16O2/c1-10(2)12-5-3-11(4-6-12)7-14-8-13-9-15-13/h3-6,13H,1,7-9H2,2H3. The minimum Gasteiger partial charge on any atom is -0.374 e. The van der Waals surface area contributed by atoms with Crippen molar-refractivity contribution in [3.05, 3.63) is 42.0 Å². The van der Waals surface area contributed by atoms with Crippen molar-refractivity contribution >= 4 is 5.57 Å². The highest BCUT2D eigenvalue weighted by molar-refractivity contribution is 5.61. The highest BCUT2D eigenvalue weighted by atomic mass is 16.6. The van der Waals surface area contributed by atoms with Crippen LogP contribution in [0.25, 0.3) is 5.57 Å². The third kappa shape index (κ3) is 3.18. The second-order valence-corrected chi connectivity index (χ2v) is 3.95. The van der Waals surface area contributed by atoms with E-state index in [1.54, 1.807) is 0 Å². The number of ether oxygens (including phenoxy) is 2. The predicted molar refractivity (Wildman–Crippen MR) is 60.5 cm³/mol. The highest BCUT2D eigenvalue weighted by Gasteiger charge is 2.22. The van der Waals surface area contributed by atoms with Crippen molar-refractivity contribution in [2.24, 2.45) is 0 Å². The predicted octanol–water partition coefficient (Wildman–Crippen LogP) is 2.64. The molecule has 0 saturated carbocycles. The van der Waals surface area contributed by atoms with Gasteiger partial charge in [0.25, 0.3) is 0 Å². The van der Waals surface area contributed by atoms with Gasteiger partial charge < -0.3 is 9.47 Å². The Hall–Kier alpha value is -1.12. The third-order valence-electron chi connectivity index (χ3n) is 2.42. The summed E-state index contributed by atoms with van der Waals surface area (Å²) in [6.45, 7) is 8.14. The van der Waals surface area contributed by atoms with Crippen molar-refractivity contribution in [3.8, 4) is 0 Å². The summed E-state index contributed by atoms with van der Waals surface area (Å²) in [6, 6.07) is 8.32.